The van der Waals surface area contributed by atoms with Crippen LogP contribution in [0.15, 0.2) is 23.0 Å². The Balaban J connectivity index is 2.67. The number of nitrogens with two attached hydrogens (primary N) is 1. The number of rotatable bonds is 4. The predicted molar refractivity (Wildman–Crippen MR) is 59.1 cm³/mol. The maximum atomic E-state index is 11.2. The van der Waals surface area contributed by atoms with E-state index in [1.54, 1.807) is 18.5 Å². The zero-order valence-electron chi connectivity index (χ0n) is 8.18. The Labute approximate surface area is 83.7 Å². The molecule has 0 bridgehead atoms. The molecule has 0 unspecified atom stereocenters. The van der Waals surface area contributed by atoms with Crippen LogP contribution >= 0.6 is 0 Å². The van der Waals surface area contributed by atoms with Crippen molar-refractivity contribution < 1.29 is 0 Å². The van der Waals surface area contributed by atoms with E-state index >= 15 is 0 Å². The van der Waals surface area contributed by atoms with Gasteiger partial charge < -0.3 is 5.73 Å². The molecule has 4 nitrogen and oxygen atoms in total. The molecule has 0 aliphatic carbocycles. The van der Waals surface area contributed by atoms with Gasteiger partial charge in [0.2, 0.25) is 0 Å². The lowest BCUT2D eigenvalue weighted by Gasteiger charge is -1.96. The molecular formula is C9H13BN3O. The van der Waals surface area contributed by atoms with Crippen molar-refractivity contribution in [2.75, 3.05) is 5.73 Å². The van der Waals surface area contributed by atoms with Gasteiger partial charge in [-0.1, -0.05) is 19.7 Å². The number of nitrogens with zero attached hydrogens (tertiary/aromatic N) is 2. The van der Waals surface area contributed by atoms with Crippen LogP contribution in [0, 0.1) is 0 Å². The number of hydrogen-bond donors (Lipinski definition) is 1. The van der Waals surface area contributed by atoms with E-state index in [1.165, 1.54) is 4.57 Å². The fourth-order valence-electron chi connectivity index (χ4n) is 0.956. The van der Waals surface area contributed by atoms with Crippen LogP contribution in [0.2, 0.25) is 6.32 Å². The molecule has 0 fully saturated rings. The number of aromatic nitrogens is 2. The second-order valence-electron chi connectivity index (χ2n) is 2.91. The van der Waals surface area contributed by atoms with Gasteiger partial charge in [-0.15, -0.1) is 5.98 Å². The van der Waals surface area contributed by atoms with E-state index in [2.05, 4.69) is 11.9 Å². The van der Waals surface area contributed by atoms with Crippen LogP contribution in [0.4, 0.5) is 5.82 Å². The normalized spacial score (nSPS) is 10.6. The fraction of sp³-hybridized carbons (Fsp3) is 0.333. The Morgan fingerprint density at radius 3 is 3.14 bits per heavy atom. The average molecular weight is 190 g/mol. The average Bonchev–Trinajstić information content (AvgIpc) is 2.15. The van der Waals surface area contributed by atoms with E-state index in [4.69, 9.17) is 5.73 Å². The Hall–Kier alpha value is -1.52. The minimum Gasteiger partial charge on any atom is -0.383 e. The second kappa shape index (κ2) is 5.27. The largest absolute Gasteiger partial charge is 0.383 e. The summed E-state index contributed by atoms with van der Waals surface area (Å²) >= 11 is 0. The SMILES string of the molecule is CCC[B]/C=C\n1ccc(N)nc1=O. The van der Waals surface area contributed by atoms with Crippen molar-refractivity contribution in [2.45, 2.75) is 19.7 Å². The standard InChI is InChI=1S/C9H13BN3O/c1-2-4-10-5-7-13-6-3-8(11)12-9(13)14/h3,5-7H,2,4H2,1H3,(H2,11,12,14)/b7-5-. The Morgan fingerprint density at radius 2 is 2.50 bits per heavy atom. The molecule has 1 radical (unpaired) electrons. The van der Waals surface area contributed by atoms with E-state index in [1.807, 2.05) is 13.3 Å². The van der Waals surface area contributed by atoms with Gasteiger partial charge in [0.15, 0.2) is 0 Å². The van der Waals surface area contributed by atoms with Gasteiger partial charge in [0.25, 0.3) is 0 Å². The first kappa shape index (κ1) is 10.6. The summed E-state index contributed by atoms with van der Waals surface area (Å²) < 4.78 is 1.39. The topological polar surface area (TPSA) is 60.9 Å². The van der Waals surface area contributed by atoms with E-state index in [-0.39, 0.29) is 11.5 Å². The lowest BCUT2D eigenvalue weighted by Crippen LogP contribution is -2.19. The summed E-state index contributed by atoms with van der Waals surface area (Å²) in [6, 6.07) is 1.59. The maximum absolute atomic E-state index is 11.2. The molecule has 1 aromatic heterocycles. The first-order chi connectivity index (χ1) is 6.74. The van der Waals surface area contributed by atoms with E-state index in [0.717, 1.165) is 12.7 Å². The molecule has 0 aliphatic heterocycles. The van der Waals surface area contributed by atoms with Crippen LogP contribution in [0.25, 0.3) is 6.20 Å². The van der Waals surface area contributed by atoms with Crippen LogP contribution in [0.3, 0.4) is 0 Å². The molecule has 0 saturated carbocycles. The monoisotopic (exact) mass is 190 g/mol. The minimum atomic E-state index is -0.355. The molecular weight excluding hydrogens is 177 g/mol. The summed E-state index contributed by atoms with van der Waals surface area (Å²) in [6.45, 7) is 2.10. The smallest absolute Gasteiger partial charge is 0.353 e. The van der Waals surface area contributed by atoms with Gasteiger partial charge in [0.1, 0.15) is 13.1 Å². The quantitative estimate of drug-likeness (QED) is 0.563. The number of nitrogen functional groups attached to an aromatic ring is 1. The highest BCUT2D eigenvalue weighted by Gasteiger charge is 1.92. The summed E-state index contributed by atoms with van der Waals surface area (Å²) in [5.74, 6) is 2.08. The molecule has 73 valence electrons. The van der Waals surface area contributed by atoms with Crippen molar-refractivity contribution in [2.24, 2.45) is 0 Å². The molecule has 5 heteroatoms. The van der Waals surface area contributed by atoms with Crippen LogP contribution in [-0.4, -0.2) is 16.8 Å². The van der Waals surface area contributed by atoms with Gasteiger partial charge in [-0.3, -0.25) is 4.57 Å². The van der Waals surface area contributed by atoms with Gasteiger partial charge in [-0.05, 0) is 6.07 Å². The summed E-state index contributed by atoms with van der Waals surface area (Å²) in [5, 5.41) is 0. The van der Waals surface area contributed by atoms with Crippen molar-refractivity contribution in [3.05, 3.63) is 28.7 Å². The number of anilines is 1. The first-order valence-corrected chi connectivity index (χ1v) is 4.58. The first-order valence-electron chi connectivity index (χ1n) is 4.58. The highest BCUT2D eigenvalue weighted by atomic mass is 16.1. The molecule has 1 aromatic rings. The number of hydrogen-bond acceptors (Lipinski definition) is 3. The van der Waals surface area contributed by atoms with Gasteiger partial charge in [-0.2, -0.15) is 4.98 Å². The Kier molecular flexibility index (Phi) is 3.97. The van der Waals surface area contributed by atoms with Crippen LogP contribution < -0.4 is 11.4 Å². The maximum Gasteiger partial charge on any atom is 0.353 e. The zero-order chi connectivity index (χ0) is 10.4. The fourth-order valence-corrected chi connectivity index (χ4v) is 0.956. The summed E-state index contributed by atoms with van der Waals surface area (Å²) in [5.41, 5.74) is 4.99. The molecule has 0 atom stereocenters. The third kappa shape index (κ3) is 3.09. The third-order valence-corrected chi connectivity index (χ3v) is 1.69. The molecule has 0 aromatic carbocycles. The van der Waals surface area contributed by atoms with Gasteiger partial charge in [0, 0.05) is 12.4 Å². The van der Waals surface area contributed by atoms with Crippen LogP contribution in [-0.2, 0) is 0 Å². The van der Waals surface area contributed by atoms with E-state index in [0.29, 0.717) is 0 Å². The van der Waals surface area contributed by atoms with Gasteiger partial charge in [-0.25, -0.2) is 4.79 Å². The second-order valence-corrected chi connectivity index (χ2v) is 2.91. The minimum absolute atomic E-state index is 0.247. The Bertz CT molecular complexity index is 373. The Morgan fingerprint density at radius 1 is 1.71 bits per heavy atom. The van der Waals surface area contributed by atoms with E-state index in [9.17, 15) is 4.79 Å². The molecule has 1 rings (SSSR count). The summed E-state index contributed by atoms with van der Waals surface area (Å²) in [4.78, 5) is 14.8. The zero-order valence-corrected chi connectivity index (χ0v) is 8.18. The summed E-state index contributed by atoms with van der Waals surface area (Å²) in [6.07, 6.45) is 5.37. The lowest BCUT2D eigenvalue weighted by atomic mass is 9.74. The molecule has 0 amide bonds. The summed E-state index contributed by atoms with van der Waals surface area (Å²) in [7, 11) is 2.00. The molecule has 14 heavy (non-hydrogen) atoms. The van der Waals surface area contributed by atoms with Crippen LogP contribution in [0.5, 0.6) is 0 Å². The van der Waals surface area contributed by atoms with Crippen molar-refractivity contribution in [1.29, 1.82) is 0 Å². The predicted octanol–water partition coefficient (Wildman–Crippen LogP) is 0.786. The molecule has 0 saturated heterocycles. The van der Waals surface area contributed by atoms with Crippen LogP contribution in [0.1, 0.15) is 13.3 Å². The molecule has 0 spiro atoms. The lowest BCUT2D eigenvalue weighted by molar-refractivity contribution is 0.968. The highest BCUT2D eigenvalue weighted by molar-refractivity contribution is 6.42. The van der Waals surface area contributed by atoms with Crippen molar-refractivity contribution in [3.8, 4) is 0 Å². The highest BCUT2D eigenvalue weighted by Crippen LogP contribution is 1.91. The van der Waals surface area contributed by atoms with Crippen molar-refractivity contribution in [1.82, 2.24) is 9.55 Å². The third-order valence-electron chi connectivity index (χ3n) is 1.69. The van der Waals surface area contributed by atoms with Crippen molar-refractivity contribution in [3.63, 3.8) is 0 Å². The molecule has 2 N–H and O–H groups in total. The van der Waals surface area contributed by atoms with Gasteiger partial charge >= 0.3 is 5.69 Å². The van der Waals surface area contributed by atoms with Gasteiger partial charge in [0.05, 0.1) is 0 Å². The van der Waals surface area contributed by atoms with Crippen molar-refractivity contribution >= 4 is 19.3 Å². The molecule has 0 aliphatic rings. The molecule has 1 heterocycles. The van der Waals surface area contributed by atoms with E-state index < -0.39 is 0 Å².